The van der Waals surface area contributed by atoms with Crippen LogP contribution in [-0.2, 0) is 22.4 Å². The number of aryl methyl sites for hydroxylation is 1. The highest BCUT2D eigenvalue weighted by Gasteiger charge is 2.11. The molecule has 6 nitrogen and oxygen atoms in total. The van der Waals surface area contributed by atoms with Gasteiger partial charge in [-0.1, -0.05) is 6.07 Å². The van der Waals surface area contributed by atoms with Crippen LogP contribution >= 0.6 is 0 Å². The number of hydrogen-bond acceptors (Lipinski definition) is 4. The van der Waals surface area contributed by atoms with Crippen LogP contribution in [-0.4, -0.2) is 34.2 Å². The minimum absolute atomic E-state index is 0.0905. The van der Waals surface area contributed by atoms with E-state index in [9.17, 15) is 9.59 Å². The second-order valence-electron chi connectivity index (χ2n) is 3.42. The highest BCUT2D eigenvalue weighted by Crippen LogP contribution is 2.15. The topological polar surface area (TPSA) is 96.7 Å². The molecule has 0 saturated carbocycles. The highest BCUT2D eigenvalue weighted by atomic mass is 16.5. The maximum Gasteiger partial charge on any atom is 0.307 e. The van der Waals surface area contributed by atoms with E-state index in [2.05, 4.69) is 4.98 Å². The van der Waals surface area contributed by atoms with Gasteiger partial charge in [-0.3, -0.25) is 9.59 Å². The summed E-state index contributed by atoms with van der Waals surface area (Å²) >= 11 is 0. The number of methoxy groups -OCH3 is 1. The van der Waals surface area contributed by atoms with Crippen molar-refractivity contribution in [3.63, 3.8) is 0 Å². The highest BCUT2D eigenvalue weighted by molar-refractivity contribution is 5.71. The van der Waals surface area contributed by atoms with E-state index in [1.54, 1.807) is 12.1 Å². The van der Waals surface area contributed by atoms with E-state index in [0.717, 1.165) is 0 Å². The van der Waals surface area contributed by atoms with Gasteiger partial charge in [0.05, 0.1) is 20.0 Å². The van der Waals surface area contributed by atoms with Gasteiger partial charge < -0.3 is 14.9 Å². The molecule has 17 heavy (non-hydrogen) atoms. The van der Waals surface area contributed by atoms with Gasteiger partial charge >= 0.3 is 11.9 Å². The molecule has 6 heteroatoms. The zero-order valence-electron chi connectivity index (χ0n) is 9.34. The lowest BCUT2D eigenvalue weighted by atomic mass is 10.1. The van der Waals surface area contributed by atoms with Crippen LogP contribution in [0.15, 0.2) is 12.1 Å². The maximum absolute atomic E-state index is 10.6. The molecule has 0 spiro atoms. The van der Waals surface area contributed by atoms with E-state index < -0.39 is 11.9 Å². The zero-order chi connectivity index (χ0) is 12.8. The largest absolute Gasteiger partial charge is 0.481 e. The fourth-order valence-electron chi connectivity index (χ4n) is 1.39. The first kappa shape index (κ1) is 13.0. The first-order chi connectivity index (χ1) is 8.02. The van der Waals surface area contributed by atoms with Crippen LogP contribution in [0.5, 0.6) is 5.88 Å². The summed E-state index contributed by atoms with van der Waals surface area (Å²) in [6, 6.07) is 3.15. The summed E-state index contributed by atoms with van der Waals surface area (Å²) in [5.41, 5.74) is 0.966. The van der Waals surface area contributed by atoms with E-state index in [1.165, 1.54) is 7.11 Å². The molecule has 1 aromatic rings. The smallest absolute Gasteiger partial charge is 0.307 e. The van der Waals surface area contributed by atoms with Crippen LogP contribution in [0.25, 0.3) is 0 Å². The van der Waals surface area contributed by atoms with Gasteiger partial charge in [0.1, 0.15) is 0 Å². The number of carbonyl (C=O) groups is 2. The molecule has 0 aromatic carbocycles. The standard InChI is InChI=1S/C11H13NO5/c1-17-9-4-2-7(6-11(15)16)8(12-9)3-5-10(13)14/h2,4H,3,5-6H2,1H3,(H,13,14)(H,15,16). The predicted octanol–water partition coefficient (Wildman–Crippen LogP) is 0.735. The molecule has 2 N–H and O–H groups in total. The Bertz CT molecular complexity index is 430. The number of hydrogen-bond donors (Lipinski definition) is 2. The van der Waals surface area contributed by atoms with Crippen molar-refractivity contribution in [2.75, 3.05) is 7.11 Å². The third-order valence-corrected chi connectivity index (χ3v) is 2.17. The second-order valence-corrected chi connectivity index (χ2v) is 3.42. The van der Waals surface area contributed by atoms with E-state index in [0.29, 0.717) is 17.1 Å². The lowest BCUT2D eigenvalue weighted by molar-refractivity contribution is -0.137. The Balaban J connectivity index is 2.93. The molecule has 0 aliphatic rings. The predicted molar refractivity (Wildman–Crippen MR) is 58.1 cm³/mol. The molecule has 0 amide bonds. The van der Waals surface area contributed by atoms with E-state index in [1.807, 2.05) is 0 Å². The van der Waals surface area contributed by atoms with Crippen LogP contribution in [0.1, 0.15) is 17.7 Å². The molecule has 0 radical (unpaired) electrons. The Morgan fingerprint density at radius 1 is 1.29 bits per heavy atom. The molecule has 0 atom stereocenters. The van der Waals surface area contributed by atoms with Crippen molar-refractivity contribution in [1.29, 1.82) is 0 Å². The van der Waals surface area contributed by atoms with Gasteiger partial charge in [0, 0.05) is 18.2 Å². The number of aromatic nitrogens is 1. The lowest BCUT2D eigenvalue weighted by Gasteiger charge is -2.07. The van der Waals surface area contributed by atoms with Crippen LogP contribution < -0.4 is 4.74 Å². The lowest BCUT2D eigenvalue weighted by Crippen LogP contribution is -2.08. The summed E-state index contributed by atoms with van der Waals surface area (Å²) in [6.45, 7) is 0. The monoisotopic (exact) mass is 239 g/mol. The van der Waals surface area contributed by atoms with Crippen LogP contribution in [0.4, 0.5) is 0 Å². The maximum atomic E-state index is 10.6. The Labute approximate surface area is 97.9 Å². The zero-order valence-corrected chi connectivity index (χ0v) is 9.34. The van der Waals surface area contributed by atoms with Gasteiger partial charge in [-0.05, 0) is 5.56 Å². The summed E-state index contributed by atoms with van der Waals surface area (Å²) in [5.74, 6) is -1.58. The molecular weight excluding hydrogens is 226 g/mol. The summed E-state index contributed by atoms with van der Waals surface area (Å²) in [5, 5.41) is 17.3. The van der Waals surface area contributed by atoms with Crippen molar-refractivity contribution in [3.8, 4) is 5.88 Å². The van der Waals surface area contributed by atoms with Crippen molar-refractivity contribution in [1.82, 2.24) is 4.98 Å². The number of rotatable bonds is 6. The van der Waals surface area contributed by atoms with Gasteiger partial charge in [-0.15, -0.1) is 0 Å². The average Bonchev–Trinajstić information content (AvgIpc) is 2.27. The number of carboxylic acids is 2. The van der Waals surface area contributed by atoms with Gasteiger partial charge in [0.25, 0.3) is 0 Å². The van der Waals surface area contributed by atoms with Crippen molar-refractivity contribution >= 4 is 11.9 Å². The quantitative estimate of drug-likeness (QED) is 0.759. The van der Waals surface area contributed by atoms with Gasteiger partial charge in [0.2, 0.25) is 5.88 Å². The Hall–Kier alpha value is -2.11. The van der Waals surface area contributed by atoms with Crippen molar-refractivity contribution in [2.24, 2.45) is 0 Å². The molecule has 92 valence electrons. The summed E-state index contributed by atoms with van der Waals surface area (Å²) < 4.78 is 4.92. The SMILES string of the molecule is COc1ccc(CC(=O)O)c(CCC(=O)O)n1. The van der Waals surface area contributed by atoms with Crippen molar-refractivity contribution in [3.05, 3.63) is 23.4 Å². The Morgan fingerprint density at radius 3 is 2.53 bits per heavy atom. The normalized spacial score (nSPS) is 9.94. The molecule has 0 bridgehead atoms. The summed E-state index contributed by atoms with van der Waals surface area (Å²) in [6.07, 6.45) is -0.0755. The van der Waals surface area contributed by atoms with E-state index in [-0.39, 0.29) is 19.3 Å². The molecule has 1 rings (SSSR count). The van der Waals surface area contributed by atoms with Crippen molar-refractivity contribution in [2.45, 2.75) is 19.3 Å². The van der Waals surface area contributed by atoms with Gasteiger partial charge in [-0.25, -0.2) is 4.98 Å². The third-order valence-electron chi connectivity index (χ3n) is 2.17. The number of pyridine rings is 1. The second kappa shape index (κ2) is 5.83. The third kappa shape index (κ3) is 4.10. The van der Waals surface area contributed by atoms with Crippen LogP contribution in [0.2, 0.25) is 0 Å². The Morgan fingerprint density at radius 2 is 2.00 bits per heavy atom. The van der Waals surface area contributed by atoms with Crippen molar-refractivity contribution < 1.29 is 24.5 Å². The summed E-state index contributed by atoms with van der Waals surface area (Å²) in [7, 11) is 1.44. The first-order valence-corrected chi connectivity index (χ1v) is 4.99. The Kier molecular flexibility index (Phi) is 4.45. The number of nitrogens with zero attached hydrogens (tertiary/aromatic N) is 1. The molecule has 0 aliphatic heterocycles. The molecule has 1 heterocycles. The average molecular weight is 239 g/mol. The van der Waals surface area contributed by atoms with E-state index in [4.69, 9.17) is 14.9 Å². The molecule has 0 saturated heterocycles. The number of aliphatic carboxylic acids is 2. The fourth-order valence-corrected chi connectivity index (χ4v) is 1.39. The van der Waals surface area contributed by atoms with E-state index >= 15 is 0 Å². The van der Waals surface area contributed by atoms with Crippen LogP contribution in [0, 0.1) is 0 Å². The minimum Gasteiger partial charge on any atom is -0.481 e. The van der Waals surface area contributed by atoms with Gasteiger partial charge in [0.15, 0.2) is 0 Å². The van der Waals surface area contributed by atoms with Gasteiger partial charge in [-0.2, -0.15) is 0 Å². The fraction of sp³-hybridized carbons (Fsp3) is 0.364. The number of carboxylic acid groups (broad SMARTS) is 2. The molecule has 0 aliphatic carbocycles. The first-order valence-electron chi connectivity index (χ1n) is 4.99. The summed E-state index contributed by atoms with van der Waals surface area (Å²) in [4.78, 5) is 25.2. The minimum atomic E-state index is -0.978. The molecule has 1 aromatic heterocycles. The number of ether oxygens (including phenoxy) is 1. The molecular formula is C11H13NO5. The van der Waals surface area contributed by atoms with Crippen LogP contribution in [0.3, 0.4) is 0 Å². The molecule has 0 fully saturated rings. The molecule has 0 unspecified atom stereocenters.